The third-order valence-corrected chi connectivity index (χ3v) is 3.94. The van der Waals surface area contributed by atoms with Gasteiger partial charge >= 0.3 is 6.03 Å². The topological polar surface area (TPSA) is 100 Å². The second kappa shape index (κ2) is 6.78. The highest BCUT2D eigenvalue weighted by Gasteiger charge is 2.20. The molecule has 0 atom stereocenters. The Labute approximate surface area is 134 Å². The number of aliphatic hydroxyl groups is 1. The number of nitrogens with one attached hydrogen (secondary N) is 2. The van der Waals surface area contributed by atoms with Crippen molar-refractivity contribution < 1.29 is 14.4 Å². The van der Waals surface area contributed by atoms with Gasteiger partial charge in [0.2, 0.25) is 11.7 Å². The first-order valence-electron chi connectivity index (χ1n) is 7.76. The van der Waals surface area contributed by atoms with Crippen LogP contribution in [-0.4, -0.2) is 33.4 Å². The summed E-state index contributed by atoms with van der Waals surface area (Å²) in [5.41, 5.74) is 1.44. The van der Waals surface area contributed by atoms with Gasteiger partial charge in [-0.2, -0.15) is 4.98 Å². The zero-order valence-electron chi connectivity index (χ0n) is 13.0. The largest absolute Gasteiger partial charge is 0.393 e. The Balaban J connectivity index is 1.60. The molecule has 122 valence electrons. The zero-order chi connectivity index (χ0) is 16.2. The van der Waals surface area contributed by atoms with Crippen LogP contribution >= 0.6 is 0 Å². The van der Waals surface area contributed by atoms with Crippen molar-refractivity contribution >= 4 is 11.7 Å². The van der Waals surface area contributed by atoms with Crippen molar-refractivity contribution in [1.29, 1.82) is 0 Å². The number of nitrogens with zero attached hydrogens (tertiary/aromatic N) is 2. The third-order valence-electron chi connectivity index (χ3n) is 3.94. The lowest BCUT2D eigenvalue weighted by Crippen LogP contribution is -2.40. The lowest BCUT2D eigenvalue weighted by Gasteiger charge is -2.26. The molecule has 1 heterocycles. The van der Waals surface area contributed by atoms with E-state index in [2.05, 4.69) is 20.8 Å². The molecule has 0 spiro atoms. The molecule has 7 nitrogen and oxygen atoms in total. The molecule has 23 heavy (non-hydrogen) atoms. The van der Waals surface area contributed by atoms with Gasteiger partial charge in [-0.3, -0.25) is 0 Å². The van der Waals surface area contributed by atoms with Crippen molar-refractivity contribution in [3.63, 3.8) is 0 Å². The standard InChI is InChI=1S/C16H20N4O3/c1-10-17-15(20-23-10)11-3-2-4-13(9-11)19-16(22)18-12-5-7-14(21)8-6-12/h2-4,9,12,14,21H,5-8H2,1H3,(H2,18,19,22). The normalized spacial score (nSPS) is 21.0. The van der Waals surface area contributed by atoms with Crippen molar-refractivity contribution in [2.24, 2.45) is 0 Å². The van der Waals surface area contributed by atoms with Crippen LogP contribution in [0.2, 0.25) is 0 Å². The molecule has 1 fully saturated rings. The number of rotatable bonds is 3. The van der Waals surface area contributed by atoms with E-state index in [1.54, 1.807) is 19.1 Å². The Kier molecular flexibility index (Phi) is 4.57. The van der Waals surface area contributed by atoms with E-state index < -0.39 is 0 Å². The molecule has 1 aliphatic carbocycles. The summed E-state index contributed by atoms with van der Waals surface area (Å²) in [5, 5.41) is 19.1. The number of carbonyl (C=O) groups is 1. The number of aliphatic hydroxyl groups excluding tert-OH is 1. The fourth-order valence-electron chi connectivity index (χ4n) is 2.73. The van der Waals surface area contributed by atoms with Crippen LogP contribution in [0.3, 0.4) is 0 Å². The summed E-state index contributed by atoms with van der Waals surface area (Å²) in [6.07, 6.45) is 2.84. The predicted molar refractivity (Wildman–Crippen MR) is 84.9 cm³/mol. The summed E-state index contributed by atoms with van der Waals surface area (Å²) in [7, 11) is 0. The molecule has 2 amide bonds. The highest BCUT2D eigenvalue weighted by atomic mass is 16.5. The molecule has 0 aliphatic heterocycles. The van der Waals surface area contributed by atoms with Crippen LogP contribution in [0, 0.1) is 6.92 Å². The van der Waals surface area contributed by atoms with E-state index in [4.69, 9.17) is 4.52 Å². The quantitative estimate of drug-likeness (QED) is 0.807. The van der Waals surface area contributed by atoms with Gasteiger partial charge in [0, 0.05) is 24.2 Å². The minimum absolute atomic E-state index is 0.112. The van der Waals surface area contributed by atoms with Gasteiger partial charge in [0.15, 0.2) is 0 Å². The Morgan fingerprint density at radius 1 is 1.30 bits per heavy atom. The van der Waals surface area contributed by atoms with Crippen molar-refractivity contribution in [2.75, 3.05) is 5.32 Å². The maximum Gasteiger partial charge on any atom is 0.319 e. The summed E-state index contributed by atoms with van der Waals surface area (Å²) < 4.78 is 4.97. The van der Waals surface area contributed by atoms with E-state index in [-0.39, 0.29) is 18.2 Å². The van der Waals surface area contributed by atoms with E-state index in [1.807, 2.05) is 12.1 Å². The van der Waals surface area contributed by atoms with E-state index in [9.17, 15) is 9.90 Å². The number of aromatic nitrogens is 2. The molecule has 1 aromatic heterocycles. The molecule has 0 unspecified atom stereocenters. The van der Waals surface area contributed by atoms with E-state index in [0.29, 0.717) is 17.4 Å². The maximum atomic E-state index is 12.1. The molecule has 0 radical (unpaired) electrons. The van der Waals surface area contributed by atoms with Gasteiger partial charge in [0.25, 0.3) is 0 Å². The van der Waals surface area contributed by atoms with Gasteiger partial charge in [-0.05, 0) is 37.8 Å². The number of hydrogen-bond donors (Lipinski definition) is 3. The first-order chi connectivity index (χ1) is 11.1. The lowest BCUT2D eigenvalue weighted by atomic mass is 9.93. The summed E-state index contributed by atoms with van der Waals surface area (Å²) in [6.45, 7) is 1.73. The first kappa shape index (κ1) is 15.5. The number of aryl methyl sites for hydroxylation is 1. The summed E-state index contributed by atoms with van der Waals surface area (Å²) >= 11 is 0. The summed E-state index contributed by atoms with van der Waals surface area (Å²) in [4.78, 5) is 16.3. The molecule has 1 aliphatic rings. The van der Waals surface area contributed by atoms with E-state index >= 15 is 0 Å². The van der Waals surface area contributed by atoms with Crippen molar-refractivity contribution in [1.82, 2.24) is 15.5 Å². The molecular formula is C16H20N4O3. The van der Waals surface area contributed by atoms with E-state index in [1.165, 1.54) is 0 Å². The molecule has 1 aromatic carbocycles. The smallest absolute Gasteiger partial charge is 0.319 e. The number of anilines is 1. The van der Waals surface area contributed by atoms with Crippen LogP contribution in [0.4, 0.5) is 10.5 Å². The Morgan fingerprint density at radius 3 is 2.78 bits per heavy atom. The van der Waals surface area contributed by atoms with Gasteiger partial charge in [-0.25, -0.2) is 4.79 Å². The van der Waals surface area contributed by atoms with E-state index in [0.717, 1.165) is 31.2 Å². The van der Waals surface area contributed by atoms with Gasteiger partial charge < -0.3 is 20.3 Å². The van der Waals surface area contributed by atoms with Crippen LogP contribution in [0.15, 0.2) is 28.8 Å². The second-order valence-electron chi connectivity index (χ2n) is 5.82. The molecule has 7 heteroatoms. The maximum absolute atomic E-state index is 12.1. The van der Waals surface area contributed by atoms with Gasteiger partial charge in [-0.1, -0.05) is 17.3 Å². The van der Waals surface area contributed by atoms with Gasteiger partial charge in [0.05, 0.1) is 6.10 Å². The SMILES string of the molecule is Cc1nc(-c2cccc(NC(=O)NC3CCC(O)CC3)c2)no1. The van der Waals surface area contributed by atoms with Crippen molar-refractivity contribution in [3.05, 3.63) is 30.2 Å². The minimum Gasteiger partial charge on any atom is -0.393 e. The number of urea groups is 1. The van der Waals surface area contributed by atoms with Crippen molar-refractivity contribution in [2.45, 2.75) is 44.8 Å². The molecule has 3 N–H and O–H groups in total. The van der Waals surface area contributed by atoms with Crippen LogP contribution in [0.1, 0.15) is 31.6 Å². The average molecular weight is 316 g/mol. The molecule has 2 aromatic rings. The Morgan fingerprint density at radius 2 is 2.09 bits per heavy atom. The fourth-order valence-corrected chi connectivity index (χ4v) is 2.73. The number of amides is 2. The number of benzene rings is 1. The van der Waals surface area contributed by atoms with Crippen LogP contribution < -0.4 is 10.6 Å². The predicted octanol–water partition coefficient (Wildman–Crippen LogP) is 2.47. The monoisotopic (exact) mass is 316 g/mol. The first-order valence-corrected chi connectivity index (χ1v) is 7.76. The summed E-state index contributed by atoms with van der Waals surface area (Å²) in [6, 6.07) is 7.16. The second-order valence-corrected chi connectivity index (χ2v) is 5.82. The van der Waals surface area contributed by atoms with Crippen LogP contribution in [-0.2, 0) is 0 Å². The third kappa shape index (κ3) is 4.07. The van der Waals surface area contributed by atoms with Crippen LogP contribution in [0.25, 0.3) is 11.4 Å². The van der Waals surface area contributed by atoms with Gasteiger partial charge in [-0.15, -0.1) is 0 Å². The van der Waals surface area contributed by atoms with Gasteiger partial charge in [0.1, 0.15) is 0 Å². The van der Waals surface area contributed by atoms with Crippen molar-refractivity contribution in [3.8, 4) is 11.4 Å². The molecule has 0 bridgehead atoms. The average Bonchev–Trinajstić information content (AvgIpc) is 2.96. The molecule has 0 saturated heterocycles. The molecule has 3 rings (SSSR count). The zero-order valence-corrected chi connectivity index (χ0v) is 13.0. The highest BCUT2D eigenvalue weighted by molar-refractivity contribution is 5.90. The summed E-state index contributed by atoms with van der Waals surface area (Å²) in [5.74, 6) is 0.989. The molecule has 1 saturated carbocycles. The minimum atomic E-state index is -0.243. The molecular weight excluding hydrogens is 296 g/mol. The number of hydrogen-bond acceptors (Lipinski definition) is 5. The Hall–Kier alpha value is -2.41. The Bertz CT molecular complexity index is 677. The highest BCUT2D eigenvalue weighted by Crippen LogP contribution is 2.21. The number of carbonyl (C=O) groups excluding carboxylic acids is 1. The fraction of sp³-hybridized carbons (Fsp3) is 0.438. The lowest BCUT2D eigenvalue weighted by molar-refractivity contribution is 0.118. The van der Waals surface area contributed by atoms with Crippen LogP contribution in [0.5, 0.6) is 0 Å².